The highest BCUT2D eigenvalue weighted by molar-refractivity contribution is 7.90. The monoisotopic (exact) mass is 661 g/mol. The van der Waals surface area contributed by atoms with Crippen LogP contribution in [0.1, 0.15) is 48.8 Å². The van der Waals surface area contributed by atoms with Crippen LogP contribution in [0.4, 0.5) is 14.5 Å². The first-order chi connectivity index (χ1) is 21.5. The van der Waals surface area contributed by atoms with Crippen LogP contribution in [0.3, 0.4) is 0 Å². The number of sulfonamides is 1. The van der Waals surface area contributed by atoms with Gasteiger partial charge >= 0.3 is 0 Å². The van der Waals surface area contributed by atoms with Crippen molar-refractivity contribution in [2.75, 3.05) is 18.4 Å². The van der Waals surface area contributed by atoms with Crippen LogP contribution in [0, 0.1) is 11.6 Å². The van der Waals surface area contributed by atoms with Crippen molar-refractivity contribution in [3.8, 4) is 0 Å². The standard InChI is InChI=1S/C30H34ClF2N7O4S/c1-18(41)14-35-15-23(39-45(43,44)24-10-11-24)9-12-25-26(33)16-36-17-27(25)37-30(42)29(38-40-34)28(19-5-7-21(31)8-6-19)20-3-2-4-22(32)13-20/h2-8,13,16-18,23-24,28-29,35,39,41H,9-12,14-15H2,1H3,(H,37,42)/t18?,23?,28-,29-/m0/s1. The van der Waals surface area contributed by atoms with Gasteiger partial charge in [0.25, 0.3) is 0 Å². The number of hydrogen-bond donors (Lipinski definition) is 4. The Morgan fingerprint density at radius 2 is 1.89 bits per heavy atom. The maximum Gasteiger partial charge on any atom is 0.234 e. The number of aliphatic hydroxyl groups excluding tert-OH is 1. The van der Waals surface area contributed by atoms with Crippen molar-refractivity contribution in [3.05, 3.63) is 105 Å². The van der Waals surface area contributed by atoms with Crippen LogP contribution >= 0.6 is 11.6 Å². The summed E-state index contributed by atoms with van der Waals surface area (Å²) in [7, 11) is -3.58. The van der Waals surface area contributed by atoms with E-state index in [9.17, 15) is 28.2 Å². The molecule has 240 valence electrons. The summed E-state index contributed by atoms with van der Waals surface area (Å²) in [4.78, 5) is 20.5. The second-order valence-electron chi connectivity index (χ2n) is 11.0. The second kappa shape index (κ2) is 15.6. The SMILES string of the molecule is CC(O)CNCC(CCc1c(F)cncc1NC(=O)[C@@H](N=[N+]=[N-])[C@@H](c1ccc(Cl)cc1)c1cccc(F)c1)NS(=O)(=O)C1CC1. The summed E-state index contributed by atoms with van der Waals surface area (Å²) in [5.74, 6) is -3.01. The van der Waals surface area contributed by atoms with Gasteiger partial charge in [-0.25, -0.2) is 21.9 Å². The lowest BCUT2D eigenvalue weighted by Gasteiger charge is -2.25. The average molecular weight is 662 g/mol. The number of rotatable bonds is 16. The lowest BCUT2D eigenvalue weighted by atomic mass is 9.84. The predicted octanol–water partition coefficient (Wildman–Crippen LogP) is 4.82. The molecule has 1 aliphatic rings. The van der Waals surface area contributed by atoms with Gasteiger partial charge in [-0.05, 0) is 73.5 Å². The molecule has 11 nitrogen and oxygen atoms in total. The Labute approximate surface area is 265 Å². The molecule has 1 fully saturated rings. The van der Waals surface area contributed by atoms with Crippen LogP contribution < -0.4 is 15.4 Å². The topological polar surface area (TPSA) is 169 Å². The van der Waals surface area contributed by atoms with E-state index in [1.807, 2.05) is 0 Å². The van der Waals surface area contributed by atoms with Crippen molar-refractivity contribution in [1.82, 2.24) is 15.0 Å². The highest BCUT2D eigenvalue weighted by Crippen LogP contribution is 2.33. The van der Waals surface area contributed by atoms with Crippen LogP contribution in [0.25, 0.3) is 10.4 Å². The molecule has 0 aliphatic heterocycles. The number of nitrogens with one attached hydrogen (secondary N) is 3. The van der Waals surface area contributed by atoms with Crippen molar-refractivity contribution in [3.63, 3.8) is 0 Å². The Kier molecular flexibility index (Phi) is 11.8. The molecule has 2 aromatic carbocycles. The number of azide groups is 1. The van der Waals surface area contributed by atoms with Crippen molar-refractivity contribution >= 4 is 33.2 Å². The van der Waals surface area contributed by atoms with E-state index in [2.05, 4.69) is 30.4 Å². The highest BCUT2D eigenvalue weighted by atomic mass is 35.5. The van der Waals surface area contributed by atoms with E-state index in [1.54, 1.807) is 37.3 Å². The molecule has 1 saturated carbocycles. The Hall–Kier alpha value is -3.65. The molecule has 15 heteroatoms. The molecule has 45 heavy (non-hydrogen) atoms. The van der Waals surface area contributed by atoms with Crippen LogP contribution in [0.5, 0.6) is 0 Å². The smallest absolute Gasteiger partial charge is 0.234 e. The maximum atomic E-state index is 15.2. The number of aromatic nitrogens is 1. The van der Waals surface area contributed by atoms with Crippen molar-refractivity contribution < 1.29 is 27.1 Å². The first-order valence-corrected chi connectivity index (χ1v) is 16.3. The minimum absolute atomic E-state index is 0.00739. The number of anilines is 1. The van der Waals surface area contributed by atoms with Gasteiger partial charge in [0.15, 0.2) is 0 Å². The Morgan fingerprint density at radius 3 is 2.53 bits per heavy atom. The van der Waals surface area contributed by atoms with Crippen LogP contribution in [0.15, 0.2) is 66.0 Å². The van der Waals surface area contributed by atoms with Crippen molar-refractivity contribution in [2.24, 2.45) is 5.11 Å². The van der Waals surface area contributed by atoms with Gasteiger partial charge in [-0.3, -0.25) is 9.78 Å². The van der Waals surface area contributed by atoms with Gasteiger partial charge in [0, 0.05) is 40.5 Å². The molecule has 4 N–H and O–H groups in total. The molecule has 0 bridgehead atoms. The molecule has 4 rings (SSSR count). The summed E-state index contributed by atoms with van der Waals surface area (Å²) in [6.07, 6.45) is 2.87. The summed E-state index contributed by atoms with van der Waals surface area (Å²) in [6.45, 7) is 2.00. The van der Waals surface area contributed by atoms with Gasteiger partial charge < -0.3 is 15.7 Å². The number of benzene rings is 2. The fourth-order valence-electron chi connectivity index (χ4n) is 4.98. The summed E-state index contributed by atoms with van der Waals surface area (Å²) in [5.41, 5.74) is 10.4. The zero-order chi connectivity index (χ0) is 32.6. The molecule has 1 amide bonds. The zero-order valence-corrected chi connectivity index (χ0v) is 26.0. The summed E-state index contributed by atoms with van der Waals surface area (Å²) < 4.78 is 57.5. The molecule has 4 atom stereocenters. The number of carbonyl (C=O) groups is 1. The molecule has 0 radical (unpaired) electrons. The molecule has 3 aromatic rings. The van der Waals surface area contributed by atoms with Gasteiger partial charge in [-0.15, -0.1) is 0 Å². The number of amides is 1. The van der Waals surface area contributed by atoms with E-state index in [4.69, 9.17) is 11.6 Å². The van der Waals surface area contributed by atoms with E-state index in [0.29, 0.717) is 29.0 Å². The number of carbonyl (C=O) groups excluding carboxylic acids is 1. The Bertz CT molecular complexity index is 1640. The van der Waals surface area contributed by atoms with Crippen LogP contribution in [-0.2, 0) is 21.2 Å². The van der Waals surface area contributed by atoms with Gasteiger partial charge in [0.1, 0.15) is 17.7 Å². The third kappa shape index (κ3) is 9.67. The quantitative estimate of drug-likeness (QED) is 0.0975. The molecule has 1 aromatic heterocycles. The molecule has 0 spiro atoms. The summed E-state index contributed by atoms with van der Waals surface area (Å²) in [6, 6.07) is 9.92. The number of hydrogen-bond acceptors (Lipinski definition) is 7. The number of aliphatic hydroxyl groups is 1. The number of pyridine rings is 1. The van der Waals surface area contributed by atoms with Gasteiger partial charge in [0.2, 0.25) is 15.9 Å². The van der Waals surface area contributed by atoms with E-state index >= 15 is 4.39 Å². The second-order valence-corrected chi connectivity index (χ2v) is 13.4. The van der Waals surface area contributed by atoms with Gasteiger partial charge in [-0.1, -0.05) is 41.0 Å². The molecular weight excluding hydrogens is 628 g/mol. The minimum atomic E-state index is -3.58. The van der Waals surface area contributed by atoms with E-state index < -0.39 is 56.9 Å². The lowest BCUT2D eigenvalue weighted by molar-refractivity contribution is -0.117. The molecule has 1 aliphatic carbocycles. The molecule has 2 unspecified atom stereocenters. The molecule has 1 heterocycles. The first-order valence-electron chi connectivity index (χ1n) is 14.4. The van der Waals surface area contributed by atoms with Crippen molar-refractivity contribution in [2.45, 2.75) is 62.0 Å². The van der Waals surface area contributed by atoms with Crippen molar-refractivity contribution in [1.29, 1.82) is 0 Å². The largest absolute Gasteiger partial charge is 0.392 e. The van der Waals surface area contributed by atoms with E-state index in [0.717, 1.165) is 6.20 Å². The highest BCUT2D eigenvalue weighted by Gasteiger charge is 2.37. The predicted molar refractivity (Wildman–Crippen MR) is 167 cm³/mol. The summed E-state index contributed by atoms with van der Waals surface area (Å²) in [5, 5.41) is 19.0. The molecular formula is C30H34ClF2N7O4S. The normalized spacial score (nSPS) is 15.8. The van der Waals surface area contributed by atoms with E-state index in [-0.39, 0.29) is 37.2 Å². The lowest BCUT2D eigenvalue weighted by Crippen LogP contribution is -2.44. The fraction of sp³-hybridized carbons (Fsp3) is 0.400. The third-order valence-corrected chi connectivity index (χ3v) is 9.59. The maximum absolute atomic E-state index is 15.2. The van der Waals surface area contributed by atoms with Crippen LogP contribution in [-0.4, -0.2) is 60.9 Å². The van der Waals surface area contributed by atoms with Gasteiger partial charge in [-0.2, -0.15) is 0 Å². The van der Waals surface area contributed by atoms with Gasteiger partial charge in [0.05, 0.1) is 29.4 Å². The number of halogens is 3. The zero-order valence-electron chi connectivity index (χ0n) is 24.4. The summed E-state index contributed by atoms with van der Waals surface area (Å²) >= 11 is 6.06. The van der Waals surface area contributed by atoms with Crippen LogP contribution in [0.2, 0.25) is 5.02 Å². The first kappa shape index (κ1) is 34.2. The molecule has 0 saturated heterocycles. The Morgan fingerprint density at radius 1 is 1.16 bits per heavy atom. The van der Waals surface area contributed by atoms with E-state index in [1.165, 1.54) is 24.4 Å². The average Bonchev–Trinajstić information content (AvgIpc) is 3.84. The third-order valence-electron chi connectivity index (χ3n) is 7.33. The minimum Gasteiger partial charge on any atom is -0.392 e. The fourth-order valence-corrected chi connectivity index (χ4v) is 6.72. The Balaban J connectivity index is 1.60. The number of nitrogens with zero attached hydrogens (tertiary/aromatic N) is 4.